The van der Waals surface area contributed by atoms with Crippen molar-refractivity contribution in [1.29, 1.82) is 0 Å². The number of rotatable bonds is 5. The summed E-state index contributed by atoms with van der Waals surface area (Å²) in [4.78, 5) is 21.1. The third kappa shape index (κ3) is 3.81. The second-order valence-corrected chi connectivity index (χ2v) is 7.17. The summed E-state index contributed by atoms with van der Waals surface area (Å²) >= 11 is 0. The Hall–Kier alpha value is -3.40. The van der Waals surface area contributed by atoms with Gasteiger partial charge >= 0.3 is 0 Å². The van der Waals surface area contributed by atoms with Crippen molar-refractivity contribution in [2.75, 3.05) is 0 Å². The number of aryl methyl sites for hydroxylation is 2. The highest BCUT2D eigenvalue weighted by Crippen LogP contribution is 2.21. The molecule has 0 unspecified atom stereocenters. The lowest BCUT2D eigenvalue weighted by atomic mass is 10.0. The Bertz CT molecular complexity index is 1080. The van der Waals surface area contributed by atoms with Crippen molar-refractivity contribution in [2.45, 2.75) is 26.3 Å². The Labute approximate surface area is 164 Å². The van der Waals surface area contributed by atoms with E-state index in [1.807, 2.05) is 74.5 Å². The minimum Gasteiger partial charge on any atom is -0.342 e. The second-order valence-electron chi connectivity index (χ2n) is 7.17. The van der Waals surface area contributed by atoms with Gasteiger partial charge in [-0.2, -0.15) is 0 Å². The number of H-pyrrole nitrogens is 1. The Kier molecular flexibility index (Phi) is 4.94. The standard InChI is InChI=1S/C24H23N3O/c1-16-12-13-19(17(2)14-16)24(28)27-22(15-18-8-4-3-5-9-18)23-25-20-10-6-7-11-21(20)26-23/h3-14,22H,15H2,1-2H3,(H,25,26)(H,27,28)/t22-/m0/s1. The molecular formula is C24H23N3O. The van der Waals surface area contributed by atoms with E-state index in [0.717, 1.165) is 33.5 Å². The van der Waals surface area contributed by atoms with Crippen LogP contribution < -0.4 is 5.32 Å². The van der Waals surface area contributed by atoms with Crippen LogP contribution in [0.2, 0.25) is 0 Å². The fraction of sp³-hybridized carbons (Fsp3) is 0.167. The maximum absolute atomic E-state index is 13.0. The number of amides is 1. The molecule has 0 saturated heterocycles. The molecule has 0 aliphatic rings. The number of para-hydroxylation sites is 2. The molecule has 3 aromatic carbocycles. The van der Waals surface area contributed by atoms with Crippen LogP contribution >= 0.6 is 0 Å². The number of hydrogen-bond donors (Lipinski definition) is 2. The molecule has 28 heavy (non-hydrogen) atoms. The summed E-state index contributed by atoms with van der Waals surface area (Å²) in [7, 11) is 0. The van der Waals surface area contributed by atoms with Gasteiger partial charge in [0.1, 0.15) is 5.82 Å². The fourth-order valence-corrected chi connectivity index (χ4v) is 3.51. The SMILES string of the molecule is Cc1ccc(C(=O)N[C@@H](Cc2ccccc2)c2nc3ccccc3[nH]2)c(C)c1. The van der Waals surface area contributed by atoms with Gasteiger partial charge in [0.2, 0.25) is 0 Å². The minimum atomic E-state index is -0.247. The highest BCUT2D eigenvalue weighted by Gasteiger charge is 2.20. The number of nitrogens with one attached hydrogen (secondary N) is 2. The molecule has 0 aliphatic heterocycles. The van der Waals surface area contributed by atoms with Gasteiger partial charge in [-0.15, -0.1) is 0 Å². The summed E-state index contributed by atoms with van der Waals surface area (Å²) in [6, 6.07) is 23.7. The van der Waals surface area contributed by atoms with Crippen molar-refractivity contribution in [3.63, 3.8) is 0 Å². The predicted octanol–water partition coefficient (Wildman–Crippen LogP) is 4.89. The number of benzene rings is 3. The molecule has 0 aliphatic carbocycles. The largest absolute Gasteiger partial charge is 0.342 e. The first kappa shape index (κ1) is 18.0. The smallest absolute Gasteiger partial charge is 0.252 e. The summed E-state index contributed by atoms with van der Waals surface area (Å²) in [5.41, 5.74) is 5.83. The van der Waals surface area contributed by atoms with Crippen LogP contribution in [-0.4, -0.2) is 15.9 Å². The van der Waals surface area contributed by atoms with Crippen LogP contribution in [-0.2, 0) is 6.42 Å². The highest BCUT2D eigenvalue weighted by molar-refractivity contribution is 5.96. The van der Waals surface area contributed by atoms with E-state index in [0.29, 0.717) is 12.0 Å². The molecule has 4 nitrogen and oxygen atoms in total. The van der Waals surface area contributed by atoms with Crippen molar-refractivity contribution >= 4 is 16.9 Å². The van der Waals surface area contributed by atoms with Crippen LogP contribution in [0.15, 0.2) is 72.8 Å². The summed E-state index contributed by atoms with van der Waals surface area (Å²) in [6.07, 6.45) is 0.664. The summed E-state index contributed by atoms with van der Waals surface area (Å²) in [6.45, 7) is 4.00. The Balaban J connectivity index is 1.67. The molecule has 1 atom stereocenters. The second kappa shape index (κ2) is 7.69. The number of fused-ring (bicyclic) bond motifs is 1. The minimum absolute atomic E-state index is 0.0844. The molecule has 0 bridgehead atoms. The number of carbonyl (C=O) groups excluding carboxylic acids is 1. The lowest BCUT2D eigenvalue weighted by Gasteiger charge is -2.18. The van der Waals surface area contributed by atoms with Crippen molar-refractivity contribution in [3.05, 3.63) is 101 Å². The van der Waals surface area contributed by atoms with Crippen LogP contribution in [0.5, 0.6) is 0 Å². The quantitative estimate of drug-likeness (QED) is 0.526. The molecule has 0 fully saturated rings. The van der Waals surface area contributed by atoms with Crippen LogP contribution in [0.1, 0.15) is 38.9 Å². The number of aromatic amines is 1. The predicted molar refractivity (Wildman–Crippen MR) is 112 cm³/mol. The summed E-state index contributed by atoms with van der Waals surface area (Å²) in [5.74, 6) is 0.682. The molecule has 0 radical (unpaired) electrons. The summed E-state index contributed by atoms with van der Waals surface area (Å²) in [5, 5.41) is 3.19. The summed E-state index contributed by atoms with van der Waals surface area (Å²) < 4.78 is 0. The Morgan fingerprint density at radius 2 is 1.75 bits per heavy atom. The van der Waals surface area contributed by atoms with Crippen molar-refractivity contribution in [1.82, 2.24) is 15.3 Å². The molecule has 4 heteroatoms. The molecular weight excluding hydrogens is 346 g/mol. The van der Waals surface area contributed by atoms with E-state index in [1.54, 1.807) is 0 Å². The molecule has 1 aromatic heterocycles. The van der Waals surface area contributed by atoms with E-state index < -0.39 is 0 Å². The lowest BCUT2D eigenvalue weighted by molar-refractivity contribution is 0.0934. The average molecular weight is 369 g/mol. The number of nitrogens with zero attached hydrogens (tertiary/aromatic N) is 1. The molecule has 2 N–H and O–H groups in total. The number of hydrogen-bond acceptors (Lipinski definition) is 2. The first-order valence-electron chi connectivity index (χ1n) is 9.47. The molecule has 0 saturated carbocycles. The van der Waals surface area contributed by atoms with E-state index in [2.05, 4.69) is 22.4 Å². The van der Waals surface area contributed by atoms with Crippen molar-refractivity contribution < 1.29 is 4.79 Å². The van der Waals surface area contributed by atoms with Gasteiger partial charge in [-0.05, 0) is 49.6 Å². The normalized spacial score (nSPS) is 12.1. The van der Waals surface area contributed by atoms with E-state index in [9.17, 15) is 4.79 Å². The van der Waals surface area contributed by atoms with Crippen molar-refractivity contribution in [3.8, 4) is 0 Å². The third-order valence-electron chi connectivity index (χ3n) is 4.95. The van der Waals surface area contributed by atoms with E-state index in [-0.39, 0.29) is 11.9 Å². The van der Waals surface area contributed by atoms with Gasteiger partial charge in [0.25, 0.3) is 5.91 Å². The maximum atomic E-state index is 13.0. The highest BCUT2D eigenvalue weighted by atomic mass is 16.1. The molecule has 140 valence electrons. The topological polar surface area (TPSA) is 57.8 Å². The van der Waals surface area contributed by atoms with Gasteiger partial charge in [0.05, 0.1) is 17.1 Å². The fourth-order valence-electron chi connectivity index (χ4n) is 3.51. The molecule has 4 aromatic rings. The van der Waals surface area contributed by atoms with Gasteiger partial charge in [-0.25, -0.2) is 4.98 Å². The van der Waals surface area contributed by atoms with E-state index in [1.165, 1.54) is 0 Å². The van der Waals surface area contributed by atoms with Crippen LogP contribution in [0.3, 0.4) is 0 Å². The zero-order valence-corrected chi connectivity index (χ0v) is 16.1. The lowest BCUT2D eigenvalue weighted by Crippen LogP contribution is -2.31. The van der Waals surface area contributed by atoms with Crippen LogP contribution in [0.4, 0.5) is 0 Å². The maximum Gasteiger partial charge on any atom is 0.252 e. The van der Waals surface area contributed by atoms with Crippen LogP contribution in [0.25, 0.3) is 11.0 Å². The number of imidazole rings is 1. The average Bonchev–Trinajstić information content (AvgIpc) is 3.12. The first-order chi connectivity index (χ1) is 13.6. The van der Waals surface area contributed by atoms with Gasteiger partial charge in [0.15, 0.2) is 0 Å². The molecule has 0 spiro atoms. The van der Waals surface area contributed by atoms with Gasteiger partial charge < -0.3 is 10.3 Å². The Morgan fingerprint density at radius 3 is 2.50 bits per heavy atom. The number of aromatic nitrogens is 2. The first-order valence-corrected chi connectivity index (χ1v) is 9.47. The zero-order valence-electron chi connectivity index (χ0n) is 16.1. The number of carbonyl (C=O) groups is 1. The van der Waals surface area contributed by atoms with Crippen LogP contribution in [0, 0.1) is 13.8 Å². The van der Waals surface area contributed by atoms with Crippen molar-refractivity contribution in [2.24, 2.45) is 0 Å². The molecule has 1 heterocycles. The molecule has 1 amide bonds. The van der Waals surface area contributed by atoms with E-state index >= 15 is 0 Å². The monoisotopic (exact) mass is 369 g/mol. The van der Waals surface area contributed by atoms with Gasteiger partial charge in [-0.3, -0.25) is 4.79 Å². The van der Waals surface area contributed by atoms with E-state index in [4.69, 9.17) is 4.98 Å². The molecule has 4 rings (SSSR count). The van der Waals surface area contributed by atoms with Gasteiger partial charge in [0, 0.05) is 5.56 Å². The zero-order chi connectivity index (χ0) is 19.5. The van der Waals surface area contributed by atoms with Gasteiger partial charge in [-0.1, -0.05) is 60.2 Å². The third-order valence-corrected chi connectivity index (χ3v) is 4.95. The Morgan fingerprint density at radius 1 is 1.00 bits per heavy atom.